The molecule has 6 nitrogen and oxygen atoms in total. The molecule has 0 amide bonds. The van der Waals surface area contributed by atoms with Crippen molar-refractivity contribution < 1.29 is 14.5 Å². The van der Waals surface area contributed by atoms with E-state index in [0.717, 1.165) is 15.8 Å². The zero-order valence-electron chi connectivity index (χ0n) is 22.2. The lowest BCUT2D eigenvalue weighted by atomic mass is 9.87. The zero-order valence-corrected chi connectivity index (χ0v) is 23.8. The number of fused-ring (bicyclic) bond motifs is 1. The van der Waals surface area contributed by atoms with Crippen LogP contribution in [0.5, 0.6) is 0 Å². The van der Waals surface area contributed by atoms with Crippen molar-refractivity contribution in [2.45, 2.75) is 31.1 Å². The van der Waals surface area contributed by atoms with Crippen LogP contribution in [-0.2, 0) is 10.2 Å². The maximum Gasteiger partial charge on any atom is 0.343 e. The maximum absolute atomic E-state index is 13.5. The Morgan fingerprint density at radius 2 is 1.50 bits per heavy atom. The molecular formula is C32H26N2O4S2. The van der Waals surface area contributed by atoms with Gasteiger partial charge in [-0.25, -0.2) is 9.78 Å². The number of carbonyl (C=O) groups is 1. The molecule has 0 spiro atoms. The van der Waals surface area contributed by atoms with Crippen molar-refractivity contribution in [3.05, 3.63) is 135 Å². The first-order chi connectivity index (χ1) is 19.2. The molecule has 4 aromatic carbocycles. The van der Waals surface area contributed by atoms with Gasteiger partial charge in [0.05, 0.1) is 30.5 Å². The maximum atomic E-state index is 13.5. The predicted octanol–water partition coefficient (Wildman–Crippen LogP) is 8.98. The number of nitro groups is 1. The first kappa shape index (κ1) is 27.3. The second kappa shape index (κ2) is 11.5. The third-order valence-corrected chi connectivity index (χ3v) is 8.52. The minimum atomic E-state index is -0.527. The van der Waals surface area contributed by atoms with Crippen molar-refractivity contribution in [2.75, 3.05) is 0 Å². The summed E-state index contributed by atoms with van der Waals surface area (Å²) in [7, 11) is 0. The third kappa shape index (κ3) is 5.98. The topological polar surface area (TPSA) is 82.3 Å². The minimum absolute atomic E-state index is 0.0392. The number of nitro benzene ring substituents is 1. The summed E-state index contributed by atoms with van der Waals surface area (Å²) in [5, 5.41) is 12.5. The van der Waals surface area contributed by atoms with E-state index in [-0.39, 0.29) is 16.9 Å². The highest BCUT2D eigenvalue weighted by Gasteiger charge is 2.25. The van der Waals surface area contributed by atoms with Crippen LogP contribution >= 0.6 is 23.1 Å². The van der Waals surface area contributed by atoms with Crippen LogP contribution < -0.4 is 0 Å². The summed E-state index contributed by atoms with van der Waals surface area (Å²) in [5.41, 5.74) is 2.86. The van der Waals surface area contributed by atoms with E-state index in [9.17, 15) is 14.9 Å². The number of rotatable bonds is 7. The Bertz CT molecular complexity index is 1690. The average molecular weight is 567 g/mol. The van der Waals surface area contributed by atoms with Gasteiger partial charge < -0.3 is 4.74 Å². The number of hydrogen-bond donors (Lipinski definition) is 0. The van der Waals surface area contributed by atoms with Gasteiger partial charge in [0, 0.05) is 11.6 Å². The van der Waals surface area contributed by atoms with Crippen molar-refractivity contribution in [1.82, 2.24) is 4.98 Å². The SMILES string of the molecule is CC(C)(C)c1ccc(C(=O)OC(=C(Sc2ccccc2[N+](=O)[O-])c2nc3ccccc3s2)c2ccccc2)cc1. The third-order valence-electron chi connectivity index (χ3n) is 6.19. The van der Waals surface area contributed by atoms with Crippen LogP contribution in [-0.4, -0.2) is 15.9 Å². The number of aromatic nitrogens is 1. The Hall–Kier alpha value is -4.27. The van der Waals surface area contributed by atoms with E-state index in [1.54, 1.807) is 30.3 Å². The molecule has 0 aliphatic heterocycles. The van der Waals surface area contributed by atoms with Crippen LogP contribution in [0.15, 0.2) is 108 Å². The number of hydrogen-bond acceptors (Lipinski definition) is 7. The van der Waals surface area contributed by atoms with Crippen molar-refractivity contribution in [1.29, 1.82) is 0 Å². The molecule has 0 N–H and O–H groups in total. The summed E-state index contributed by atoms with van der Waals surface area (Å²) in [6.07, 6.45) is 0. The average Bonchev–Trinajstić information content (AvgIpc) is 3.39. The van der Waals surface area contributed by atoms with E-state index in [1.165, 1.54) is 29.2 Å². The fourth-order valence-electron chi connectivity index (χ4n) is 4.04. The molecule has 1 aromatic heterocycles. The highest BCUT2D eigenvalue weighted by atomic mass is 32.2. The first-order valence-electron chi connectivity index (χ1n) is 12.6. The normalized spacial score (nSPS) is 12.2. The van der Waals surface area contributed by atoms with E-state index < -0.39 is 10.9 Å². The lowest BCUT2D eigenvalue weighted by Crippen LogP contribution is -2.12. The molecule has 200 valence electrons. The number of ether oxygens (including phenoxy) is 1. The lowest BCUT2D eigenvalue weighted by molar-refractivity contribution is -0.387. The standard InChI is InChI=1S/C32H26N2O4S2/c1-32(2,3)23-19-17-22(18-20-23)31(35)38-28(21-11-5-4-6-12-21)29(30-33-24-13-7-9-15-26(24)40-30)39-27-16-10-8-14-25(27)34(36)37/h4-20H,1-3H3. The van der Waals surface area contributed by atoms with Gasteiger partial charge in [-0.1, -0.05) is 99.3 Å². The molecule has 40 heavy (non-hydrogen) atoms. The van der Waals surface area contributed by atoms with Crippen LogP contribution in [0.1, 0.15) is 47.3 Å². The van der Waals surface area contributed by atoms with Gasteiger partial charge in [0.1, 0.15) is 5.01 Å². The van der Waals surface area contributed by atoms with Crippen LogP contribution in [0.3, 0.4) is 0 Å². The lowest BCUT2D eigenvalue weighted by Gasteiger charge is -2.19. The summed E-state index contributed by atoms with van der Waals surface area (Å²) in [6.45, 7) is 6.34. The number of carbonyl (C=O) groups excluding carboxylic acids is 1. The molecule has 0 aliphatic rings. The number of thiazole rings is 1. The van der Waals surface area contributed by atoms with Crippen LogP contribution in [0, 0.1) is 10.1 Å². The molecule has 0 unspecified atom stereocenters. The van der Waals surface area contributed by atoms with Gasteiger partial charge in [-0.2, -0.15) is 0 Å². The molecule has 1 heterocycles. The Balaban J connectivity index is 1.68. The molecule has 0 saturated carbocycles. The molecule has 0 radical (unpaired) electrons. The van der Waals surface area contributed by atoms with Gasteiger partial charge in [0.25, 0.3) is 5.69 Å². The van der Waals surface area contributed by atoms with E-state index in [2.05, 4.69) is 20.8 Å². The number of nitrogens with zero attached hydrogens (tertiary/aromatic N) is 2. The van der Waals surface area contributed by atoms with Gasteiger partial charge >= 0.3 is 5.97 Å². The van der Waals surface area contributed by atoms with Crippen molar-refractivity contribution in [3.63, 3.8) is 0 Å². The Morgan fingerprint density at radius 3 is 2.17 bits per heavy atom. The van der Waals surface area contributed by atoms with Gasteiger partial charge in [-0.05, 0) is 41.3 Å². The second-order valence-electron chi connectivity index (χ2n) is 10.1. The molecule has 0 bridgehead atoms. The highest BCUT2D eigenvalue weighted by Crippen LogP contribution is 2.45. The molecule has 5 aromatic rings. The minimum Gasteiger partial charge on any atom is -0.421 e. The Morgan fingerprint density at radius 1 is 0.850 bits per heavy atom. The fraction of sp³-hybridized carbons (Fsp3) is 0.125. The van der Waals surface area contributed by atoms with Crippen LogP contribution in [0.25, 0.3) is 20.9 Å². The zero-order chi connectivity index (χ0) is 28.3. The van der Waals surface area contributed by atoms with E-state index >= 15 is 0 Å². The van der Waals surface area contributed by atoms with Crippen molar-refractivity contribution >= 4 is 55.6 Å². The molecule has 0 fully saturated rings. The summed E-state index contributed by atoms with van der Waals surface area (Å²) >= 11 is 2.61. The summed E-state index contributed by atoms with van der Waals surface area (Å²) < 4.78 is 7.10. The van der Waals surface area contributed by atoms with Gasteiger partial charge in [0.2, 0.25) is 0 Å². The largest absolute Gasteiger partial charge is 0.421 e. The highest BCUT2D eigenvalue weighted by molar-refractivity contribution is 8.08. The van der Waals surface area contributed by atoms with Crippen molar-refractivity contribution in [3.8, 4) is 0 Å². The quantitative estimate of drug-likeness (QED) is 0.0643. The molecule has 0 saturated heterocycles. The first-order valence-corrected chi connectivity index (χ1v) is 14.2. The van der Waals surface area contributed by atoms with Gasteiger partial charge in [0.15, 0.2) is 5.76 Å². The van der Waals surface area contributed by atoms with E-state index in [4.69, 9.17) is 9.72 Å². The van der Waals surface area contributed by atoms with Crippen LogP contribution in [0.2, 0.25) is 0 Å². The Labute approximate surface area is 240 Å². The molecule has 0 atom stereocenters. The smallest absolute Gasteiger partial charge is 0.343 e. The summed E-state index contributed by atoms with van der Waals surface area (Å²) in [4.78, 5) is 30.7. The predicted molar refractivity (Wildman–Crippen MR) is 162 cm³/mol. The monoisotopic (exact) mass is 566 g/mol. The van der Waals surface area contributed by atoms with E-state index in [1.807, 2.05) is 66.7 Å². The molecule has 0 aliphatic carbocycles. The number of benzene rings is 4. The Kier molecular flexibility index (Phi) is 7.82. The number of esters is 1. The van der Waals surface area contributed by atoms with Crippen molar-refractivity contribution in [2.24, 2.45) is 0 Å². The second-order valence-corrected chi connectivity index (χ2v) is 12.1. The summed E-state index contributed by atoms with van der Waals surface area (Å²) in [5.74, 6) is -0.242. The molecule has 5 rings (SSSR count). The molecule has 8 heteroatoms. The van der Waals surface area contributed by atoms with Gasteiger partial charge in [-0.15, -0.1) is 11.3 Å². The summed E-state index contributed by atoms with van der Waals surface area (Å²) in [6, 6.07) is 30.9. The number of thioether (sulfide) groups is 1. The number of para-hydroxylation sites is 2. The van der Waals surface area contributed by atoms with Crippen LogP contribution in [0.4, 0.5) is 5.69 Å². The molecular weight excluding hydrogens is 540 g/mol. The van der Waals surface area contributed by atoms with Gasteiger partial charge in [-0.3, -0.25) is 10.1 Å². The fourth-order valence-corrected chi connectivity index (χ4v) is 6.20. The van der Waals surface area contributed by atoms with E-state index in [0.29, 0.717) is 25.9 Å².